The highest BCUT2D eigenvalue weighted by Crippen LogP contribution is 2.16. The molecule has 4 heteroatoms. The van der Waals surface area contributed by atoms with Crippen molar-refractivity contribution in [3.63, 3.8) is 0 Å². The number of nitrogens with zero attached hydrogens (tertiary/aromatic N) is 1. The molecule has 0 aromatic heterocycles. The van der Waals surface area contributed by atoms with Crippen LogP contribution in [-0.4, -0.2) is 29.8 Å². The van der Waals surface area contributed by atoms with Crippen LogP contribution in [-0.2, 0) is 9.59 Å². The minimum Gasteiger partial charge on any atom is -0.370 e. The molecular weight excluding hydrogens is 564 g/mol. The van der Waals surface area contributed by atoms with Crippen LogP contribution < -0.4 is 5.73 Å². The van der Waals surface area contributed by atoms with Crippen LogP contribution in [0.2, 0.25) is 0 Å². The first-order valence-electron chi connectivity index (χ1n) is 21.2. The van der Waals surface area contributed by atoms with Crippen LogP contribution in [0.3, 0.4) is 0 Å². The number of hydrogen-bond acceptors (Lipinski definition) is 2. The molecule has 0 rings (SSSR count). The van der Waals surface area contributed by atoms with E-state index in [0.717, 1.165) is 38.8 Å². The van der Waals surface area contributed by atoms with Crippen molar-refractivity contribution < 1.29 is 9.59 Å². The molecular formula is C42H84N2O2. The molecule has 274 valence electrons. The summed E-state index contributed by atoms with van der Waals surface area (Å²) in [6.07, 6.45) is 46.5. The molecule has 0 aromatic rings. The van der Waals surface area contributed by atoms with Gasteiger partial charge >= 0.3 is 0 Å². The van der Waals surface area contributed by atoms with Gasteiger partial charge in [-0.05, 0) is 25.7 Å². The van der Waals surface area contributed by atoms with E-state index in [-0.39, 0.29) is 11.8 Å². The predicted octanol–water partition coefficient (Wildman–Crippen LogP) is 13.4. The highest BCUT2D eigenvalue weighted by molar-refractivity contribution is 5.76. The Morgan fingerprint density at radius 2 is 0.587 bits per heavy atom. The number of hydrogen-bond donors (Lipinski definition) is 1. The summed E-state index contributed by atoms with van der Waals surface area (Å²) in [6, 6.07) is 0. The SMILES string of the molecule is CCCCCCCCCCCCCCCCCCN(CCCCCCCCCCCCCCCCCC)C(=O)CCCCC(N)=O. The highest BCUT2D eigenvalue weighted by Gasteiger charge is 2.13. The zero-order valence-electron chi connectivity index (χ0n) is 31.7. The van der Waals surface area contributed by atoms with E-state index in [9.17, 15) is 9.59 Å². The van der Waals surface area contributed by atoms with E-state index in [0.29, 0.717) is 12.8 Å². The fourth-order valence-corrected chi connectivity index (χ4v) is 6.80. The minimum atomic E-state index is -0.259. The van der Waals surface area contributed by atoms with Gasteiger partial charge in [-0.2, -0.15) is 0 Å². The van der Waals surface area contributed by atoms with Crippen LogP contribution in [0.15, 0.2) is 0 Å². The summed E-state index contributed by atoms with van der Waals surface area (Å²) in [5, 5.41) is 0. The molecule has 2 N–H and O–H groups in total. The van der Waals surface area contributed by atoms with E-state index in [4.69, 9.17) is 5.73 Å². The van der Waals surface area contributed by atoms with Crippen molar-refractivity contribution in [2.45, 2.75) is 245 Å². The third-order valence-corrected chi connectivity index (χ3v) is 9.98. The van der Waals surface area contributed by atoms with Crippen LogP contribution in [0, 0.1) is 0 Å². The van der Waals surface area contributed by atoms with Gasteiger partial charge in [0.2, 0.25) is 11.8 Å². The van der Waals surface area contributed by atoms with Crippen molar-refractivity contribution in [2.24, 2.45) is 5.73 Å². The molecule has 0 aliphatic heterocycles. The van der Waals surface area contributed by atoms with Crippen LogP contribution in [0.4, 0.5) is 0 Å². The normalized spacial score (nSPS) is 11.3. The molecule has 0 spiro atoms. The fraction of sp³-hybridized carbons (Fsp3) is 0.952. The maximum atomic E-state index is 13.0. The Labute approximate surface area is 289 Å². The first-order chi connectivity index (χ1) is 22.6. The number of unbranched alkanes of at least 4 members (excludes halogenated alkanes) is 31. The first-order valence-corrected chi connectivity index (χ1v) is 21.2. The summed E-state index contributed by atoms with van der Waals surface area (Å²) in [5.74, 6) is 0.0250. The van der Waals surface area contributed by atoms with E-state index >= 15 is 0 Å². The number of amides is 2. The lowest BCUT2D eigenvalue weighted by Crippen LogP contribution is -2.32. The molecule has 0 saturated carbocycles. The van der Waals surface area contributed by atoms with E-state index in [1.54, 1.807) is 0 Å². The van der Waals surface area contributed by atoms with Crippen LogP contribution in [0.5, 0.6) is 0 Å². The largest absolute Gasteiger partial charge is 0.370 e. The van der Waals surface area contributed by atoms with Crippen LogP contribution in [0.1, 0.15) is 245 Å². The molecule has 0 aliphatic rings. The Balaban J connectivity index is 3.87. The van der Waals surface area contributed by atoms with Crippen LogP contribution in [0.25, 0.3) is 0 Å². The first kappa shape index (κ1) is 44.9. The van der Waals surface area contributed by atoms with Gasteiger partial charge in [0.15, 0.2) is 0 Å². The monoisotopic (exact) mass is 649 g/mol. The van der Waals surface area contributed by atoms with Crippen molar-refractivity contribution in [1.29, 1.82) is 0 Å². The second-order valence-corrected chi connectivity index (χ2v) is 14.7. The lowest BCUT2D eigenvalue weighted by molar-refractivity contribution is -0.131. The van der Waals surface area contributed by atoms with Crippen LogP contribution >= 0.6 is 0 Å². The molecule has 0 atom stereocenters. The maximum Gasteiger partial charge on any atom is 0.222 e. The molecule has 0 heterocycles. The van der Waals surface area contributed by atoms with Gasteiger partial charge in [0, 0.05) is 25.9 Å². The van der Waals surface area contributed by atoms with Gasteiger partial charge in [0.25, 0.3) is 0 Å². The van der Waals surface area contributed by atoms with Gasteiger partial charge < -0.3 is 10.6 Å². The van der Waals surface area contributed by atoms with Gasteiger partial charge in [0.1, 0.15) is 0 Å². The number of rotatable bonds is 39. The van der Waals surface area contributed by atoms with Crippen molar-refractivity contribution in [1.82, 2.24) is 4.90 Å². The Bertz CT molecular complexity index is 587. The smallest absolute Gasteiger partial charge is 0.222 e. The van der Waals surface area contributed by atoms with Crippen molar-refractivity contribution in [3.05, 3.63) is 0 Å². The van der Waals surface area contributed by atoms with Gasteiger partial charge in [0.05, 0.1) is 0 Å². The zero-order valence-corrected chi connectivity index (χ0v) is 31.7. The number of nitrogens with two attached hydrogens (primary N) is 1. The quantitative estimate of drug-likeness (QED) is 0.0674. The molecule has 0 fully saturated rings. The predicted molar refractivity (Wildman–Crippen MR) is 203 cm³/mol. The Hall–Kier alpha value is -1.06. The molecule has 0 aromatic carbocycles. The molecule has 0 bridgehead atoms. The third kappa shape index (κ3) is 35.8. The summed E-state index contributed by atoms with van der Waals surface area (Å²) in [4.78, 5) is 26.2. The maximum absolute atomic E-state index is 13.0. The second-order valence-electron chi connectivity index (χ2n) is 14.7. The molecule has 0 saturated heterocycles. The Morgan fingerprint density at radius 1 is 0.348 bits per heavy atom. The standard InChI is InChI=1S/C42H84N2O2/c1-3-5-7-9-11-13-15-17-19-21-23-25-27-29-31-35-39-44(42(46)38-34-33-37-41(43)45)40-36-32-30-28-26-24-22-20-18-16-14-12-10-8-6-4-2/h3-40H2,1-2H3,(H2,43,45). The summed E-state index contributed by atoms with van der Waals surface area (Å²) in [6.45, 7) is 6.40. The Kier molecular flexibility index (Phi) is 37.5. The van der Waals surface area contributed by atoms with E-state index in [2.05, 4.69) is 18.7 Å². The third-order valence-electron chi connectivity index (χ3n) is 9.98. The fourth-order valence-electron chi connectivity index (χ4n) is 6.80. The minimum absolute atomic E-state index is 0.259. The average Bonchev–Trinajstić information content (AvgIpc) is 3.05. The van der Waals surface area contributed by atoms with Gasteiger partial charge in [-0.15, -0.1) is 0 Å². The molecule has 0 unspecified atom stereocenters. The summed E-state index contributed by atoms with van der Waals surface area (Å²) in [5.41, 5.74) is 5.28. The average molecular weight is 649 g/mol. The number of carbonyl (C=O) groups is 2. The Morgan fingerprint density at radius 3 is 0.848 bits per heavy atom. The van der Waals surface area contributed by atoms with Gasteiger partial charge in [-0.3, -0.25) is 9.59 Å². The van der Waals surface area contributed by atoms with E-state index in [1.807, 2.05) is 0 Å². The number of carbonyl (C=O) groups excluding carboxylic acids is 2. The lowest BCUT2D eigenvalue weighted by Gasteiger charge is -2.23. The van der Waals surface area contributed by atoms with E-state index in [1.165, 1.54) is 193 Å². The molecule has 46 heavy (non-hydrogen) atoms. The molecule has 0 radical (unpaired) electrons. The summed E-state index contributed by atoms with van der Waals surface area (Å²) < 4.78 is 0. The second kappa shape index (κ2) is 38.4. The van der Waals surface area contributed by atoms with Gasteiger partial charge in [-0.1, -0.05) is 206 Å². The summed E-state index contributed by atoms with van der Waals surface area (Å²) >= 11 is 0. The van der Waals surface area contributed by atoms with Crippen molar-refractivity contribution >= 4 is 11.8 Å². The van der Waals surface area contributed by atoms with E-state index < -0.39 is 0 Å². The zero-order chi connectivity index (χ0) is 33.6. The molecule has 4 nitrogen and oxygen atoms in total. The highest BCUT2D eigenvalue weighted by atomic mass is 16.2. The van der Waals surface area contributed by atoms with Crippen molar-refractivity contribution in [2.75, 3.05) is 13.1 Å². The topological polar surface area (TPSA) is 63.4 Å². The van der Waals surface area contributed by atoms with Crippen molar-refractivity contribution in [3.8, 4) is 0 Å². The molecule has 2 amide bonds. The summed E-state index contributed by atoms with van der Waals surface area (Å²) in [7, 11) is 0. The molecule has 0 aliphatic carbocycles. The number of primary amides is 1. The van der Waals surface area contributed by atoms with Gasteiger partial charge in [-0.25, -0.2) is 0 Å². The lowest BCUT2D eigenvalue weighted by atomic mass is 10.0.